The van der Waals surface area contributed by atoms with E-state index in [0.29, 0.717) is 17.7 Å². The van der Waals surface area contributed by atoms with Crippen molar-refractivity contribution >= 4 is 23.5 Å². The molecule has 0 bridgehead atoms. The van der Waals surface area contributed by atoms with Gasteiger partial charge in [0.15, 0.2) is 11.5 Å². The minimum Gasteiger partial charge on any atom is -0.461 e. The molecule has 1 aliphatic rings. The van der Waals surface area contributed by atoms with E-state index in [4.69, 9.17) is 9.26 Å². The molecule has 9 nitrogen and oxygen atoms in total. The van der Waals surface area contributed by atoms with Crippen LogP contribution in [0.1, 0.15) is 70.3 Å². The Hall–Kier alpha value is -3.01. The number of nitrogens with zero attached hydrogens (tertiary/aromatic N) is 5. The molecule has 0 N–H and O–H groups in total. The van der Waals surface area contributed by atoms with Crippen LogP contribution in [-0.4, -0.2) is 50.0 Å². The lowest BCUT2D eigenvalue weighted by Gasteiger charge is -2.15. The van der Waals surface area contributed by atoms with Gasteiger partial charge in [0, 0.05) is 16.4 Å². The summed E-state index contributed by atoms with van der Waals surface area (Å²) >= 11 is 1.52. The van der Waals surface area contributed by atoms with Crippen molar-refractivity contribution in [3.63, 3.8) is 0 Å². The summed E-state index contributed by atoms with van der Waals surface area (Å²) in [5, 5.41) is 15.3. The van der Waals surface area contributed by atoms with Crippen LogP contribution in [0.3, 0.4) is 0 Å². The Morgan fingerprint density at radius 2 is 2.10 bits per heavy atom. The zero-order chi connectivity index (χ0) is 21.3. The van der Waals surface area contributed by atoms with Gasteiger partial charge in [0.2, 0.25) is 5.69 Å². The highest BCUT2D eigenvalue weighted by atomic mass is 32.2. The normalized spacial score (nSPS) is 13.4. The van der Waals surface area contributed by atoms with Crippen molar-refractivity contribution in [2.24, 2.45) is 0 Å². The third kappa shape index (κ3) is 3.51. The number of esters is 1. The van der Waals surface area contributed by atoms with Crippen molar-refractivity contribution in [3.05, 3.63) is 46.6 Å². The Kier molecular flexibility index (Phi) is 5.67. The standard InChI is InChI=1S/C20H21N5O4S/c1-4-12-13(8-9-14(19(12)30-3)25-10-21-23-24-25)17(26)15-16(20(27)28-5-2)22-29-18(15)11-6-7-11/h8-11H,4-7H2,1-3H3. The van der Waals surface area contributed by atoms with Crippen LogP contribution in [0.25, 0.3) is 5.69 Å². The van der Waals surface area contributed by atoms with Gasteiger partial charge in [-0.15, -0.1) is 16.9 Å². The number of hydrogen-bond acceptors (Lipinski definition) is 9. The van der Waals surface area contributed by atoms with E-state index in [0.717, 1.165) is 29.0 Å². The average Bonchev–Trinajstić information content (AvgIpc) is 3.27. The number of benzene rings is 1. The lowest BCUT2D eigenvalue weighted by Crippen LogP contribution is -2.15. The predicted molar refractivity (Wildman–Crippen MR) is 108 cm³/mol. The first kappa shape index (κ1) is 20.3. The van der Waals surface area contributed by atoms with E-state index >= 15 is 0 Å². The van der Waals surface area contributed by atoms with Crippen molar-refractivity contribution in [2.75, 3.05) is 12.9 Å². The second-order valence-electron chi connectivity index (χ2n) is 6.85. The quantitative estimate of drug-likeness (QED) is 0.304. The minimum absolute atomic E-state index is 0.0546. The van der Waals surface area contributed by atoms with Gasteiger partial charge in [-0.2, -0.15) is 4.68 Å². The Labute approximate surface area is 177 Å². The zero-order valence-electron chi connectivity index (χ0n) is 16.9. The molecular weight excluding hydrogens is 406 g/mol. The molecule has 2 heterocycles. The Morgan fingerprint density at radius 1 is 1.30 bits per heavy atom. The summed E-state index contributed by atoms with van der Waals surface area (Å²) in [6.45, 7) is 3.88. The fourth-order valence-corrected chi connectivity index (χ4v) is 4.35. The van der Waals surface area contributed by atoms with E-state index in [9.17, 15) is 9.59 Å². The molecule has 0 radical (unpaired) electrons. The first-order valence-corrected chi connectivity index (χ1v) is 11.0. The molecule has 0 atom stereocenters. The molecule has 156 valence electrons. The number of hydrogen-bond donors (Lipinski definition) is 0. The fourth-order valence-electron chi connectivity index (χ4n) is 3.48. The van der Waals surface area contributed by atoms with Crippen molar-refractivity contribution in [3.8, 4) is 5.69 Å². The first-order chi connectivity index (χ1) is 14.6. The van der Waals surface area contributed by atoms with E-state index in [1.807, 2.05) is 19.2 Å². The molecule has 0 unspecified atom stereocenters. The molecule has 0 saturated heterocycles. The second-order valence-corrected chi connectivity index (χ2v) is 7.66. The van der Waals surface area contributed by atoms with Crippen LogP contribution < -0.4 is 0 Å². The van der Waals surface area contributed by atoms with Gasteiger partial charge in [-0.25, -0.2) is 4.79 Å². The molecule has 30 heavy (non-hydrogen) atoms. The van der Waals surface area contributed by atoms with Crippen LogP contribution in [0.5, 0.6) is 0 Å². The smallest absolute Gasteiger partial charge is 0.361 e. The van der Waals surface area contributed by atoms with Gasteiger partial charge < -0.3 is 9.26 Å². The summed E-state index contributed by atoms with van der Waals surface area (Å²) in [5.41, 5.74) is 2.32. The fraction of sp³-hybridized carbons (Fsp3) is 0.400. The van der Waals surface area contributed by atoms with Crippen molar-refractivity contribution in [1.29, 1.82) is 0 Å². The van der Waals surface area contributed by atoms with E-state index < -0.39 is 5.97 Å². The number of thioether (sulfide) groups is 1. The van der Waals surface area contributed by atoms with Gasteiger partial charge in [0.05, 0.1) is 12.3 Å². The number of carbonyl (C=O) groups excluding carboxylic acids is 2. The van der Waals surface area contributed by atoms with Gasteiger partial charge in [-0.3, -0.25) is 4.79 Å². The van der Waals surface area contributed by atoms with Gasteiger partial charge in [0.25, 0.3) is 0 Å². The lowest BCUT2D eigenvalue weighted by molar-refractivity contribution is 0.0512. The summed E-state index contributed by atoms with van der Waals surface area (Å²) in [4.78, 5) is 27.0. The molecule has 10 heteroatoms. The maximum Gasteiger partial charge on any atom is 0.361 e. The Bertz CT molecular complexity index is 1090. The summed E-state index contributed by atoms with van der Waals surface area (Å²) in [7, 11) is 0. The Morgan fingerprint density at radius 3 is 2.70 bits per heavy atom. The summed E-state index contributed by atoms with van der Waals surface area (Å²) in [6.07, 6.45) is 5.89. The lowest BCUT2D eigenvalue weighted by atomic mass is 9.94. The van der Waals surface area contributed by atoms with Crippen LogP contribution in [0, 0.1) is 0 Å². The highest BCUT2D eigenvalue weighted by molar-refractivity contribution is 7.98. The van der Waals surface area contributed by atoms with Crippen LogP contribution >= 0.6 is 11.8 Å². The SMILES string of the molecule is CCOC(=O)c1noc(C2CC2)c1C(=O)c1ccc(-n2cnnn2)c(SC)c1CC. The van der Waals surface area contributed by atoms with E-state index in [1.54, 1.807) is 17.7 Å². The number of ether oxygens (including phenoxy) is 1. The van der Waals surface area contributed by atoms with Gasteiger partial charge in [0.1, 0.15) is 11.9 Å². The van der Waals surface area contributed by atoms with E-state index in [2.05, 4.69) is 20.7 Å². The molecular formula is C20H21N5O4S. The maximum absolute atomic E-state index is 13.7. The molecule has 3 aromatic rings. The van der Waals surface area contributed by atoms with Crippen LogP contribution in [0.4, 0.5) is 0 Å². The first-order valence-electron chi connectivity index (χ1n) is 9.75. The maximum atomic E-state index is 13.7. The van der Waals surface area contributed by atoms with Gasteiger partial charge in [-0.1, -0.05) is 12.1 Å². The summed E-state index contributed by atoms with van der Waals surface area (Å²) in [6, 6.07) is 3.56. The van der Waals surface area contributed by atoms with Crippen LogP contribution in [0.2, 0.25) is 0 Å². The molecule has 2 aromatic heterocycles. The van der Waals surface area contributed by atoms with E-state index in [1.165, 1.54) is 18.1 Å². The zero-order valence-corrected chi connectivity index (χ0v) is 17.7. The molecule has 1 fully saturated rings. The molecule has 0 spiro atoms. The van der Waals surface area contributed by atoms with Crippen molar-refractivity contribution < 1.29 is 18.8 Å². The number of carbonyl (C=O) groups is 2. The van der Waals surface area contributed by atoms with Crippen LogP contribution in [-0.2, 0) is 11.2 Å². The number of ketones is 1. The highest BCUT2D eigenvalue weighted by Gasteiger charge is 2.38. The van der Waals surface area contributed by atoms with Crippen molar-refractivity contribution in [2.45, 2.75) is 43.9 Å². The second kappa shape index (κ2) is 8.39. The molecule has 0 amide bonds. The molecule has 1 saturated carbocycles. The predicted octanol–water partition coefficient (Wildman–Crippen LogP) is 3.22. The molecule has 0 aliphatic heterocycles. The Balaban J connectivity index is 1.84. The summed E-state index contributed by atoms with van der Waals surface area (Å²) < 4.78 is 12.1. The molecule has 1 aromatic carbocycles. The molecule has 1 aliphatic carbocycles. The van der Waals surface area contributed by atoms with Crippen molar-refractivity contribution in [1.82, 2.24) is 25.4 Å². The number of tetrazole rings is 1. The highest BCUT2D eigenvalue weighted by Crippen LogP contribution is 2.43. The third-order valence-electron chi connectivity index (χ3n) is 5.00. The number of rotatable bonds is 8. The van der Waals surface area contributed by atoms with Gasteiger partial charge >= 0.3 is 5.97 Å². The summed E-state index contributed by atoms with van der Waals surface area (Å²) in [5.74, 6) is -0.341. The van der Waals surface area contributed by atoms with Crippen LogP contribution in [0.15, 0.2) is 27.9 Å². The van der Waals surface area contributed by atoms with Gasteiger partial charge in [-0.05, 0) is 60.6 Å². The minimum atomic E-state index is -0.648. The third-order valence-corrected chi connectivity index (χ3v) is 5.86. The van der Waals surface area contributed by atoms with E-state index in [-0.39, 0.29) is 29.6 Å². The average molecular weight is 427 g/mol. The monoisotopic (exact) mass is 427 g/mol. The number of aromatic nitrogens is 5. The topological polar surface area (TPSA) is 113 Å². The largest absolute Gasteiger partial charge is 0.461 e. The molecule has 4 rings (SSSR count).